The Morgan fingerprint density at radius 3 is 2.74 bits per heavy atom. The summed E-state index contributed by atoms with van der Waals surface area (Å²) in [5.74, 6) is -0.607. The van der Waals surface area contributed by atoms with Gasteiger partial charge in [-0.05, 0) is 26.2 Å². The molecule has 1 aliphatic heterocycles. The number of nitrogens with one attached hydrogen (secondary N) is 1. The topological polar surface area (TPSA) is 78.9 Å². The fourth-order valence-corrected chi connectivity index (χ4v) is 2.35. The van der Waals surface area contributed by atoms with Crippen LogP contribution in [0, 0.1) is 5.92 Å². The second kappa shape index (κ2) is 7.33. The lowest BCUT2D eigenvalue weighted by molar-refractivity contribution is -0.138. The summed E-state index contributed by atoms with van der Waals surface area (Å²) in [5.41, 5.74) is 0. The van der Waals surface area contributed by atoms with Crippen molar-refractivity contribution < 1.29 is 19.4 Å². The zero-order valence-corrected chi connectivity index (χ0v) is 11.9. The van der Waals surface area contributed by atoms with Crippen LogP contribution in [0.25, 0.3) is 0 Å². The number of carbonyl (C=O) groups excluding carboxylic acids is 1. The Balaban J connectivity index is 2.55. The van der Waals surface area contributed by atoms with Gasteiger partial charge < -0.3 is 20.1 Å². The summed E-state index contributed by atoms with van der Waals surface area (Å²) < 4.78 is 5.34. The number of nitrogens with zero attached hydrogens (tertiary/aromatic N) is 1. The molecule has 0 aromatic rings. The van der Waals surface area contributed by atoms with Gasteiger partial charge in [0.25, 0.3) is 0 Å². The Hall–Kier alpha value is -1.30. The molecule has 0 saturated carbocycles. The van der Waals surface area contributed by atoms with E-state index in [1.54, 1.807) is 11.8 Å². The van der Waals surface area contributed by atoms with E-state index in [0.717, 1.165) is 6.42 Å². The maximum absolute atomic E-state index is 12.2. The number of urea groups is 1. The van der Waals surface area contributed by atoms with Crippen molar-refractivity contribution >= 4 is 12.0 Å². The van der Waals surface area contributed by atoms with Crippen LogP contribution in [-0.4, -0.2) is 53.8 Å². The Morgan fingerprint density at radius 2 is 2.21 bits per heavy atom. The number of hydrogen-bond acceptors (Lipinski definition) is 3. The highest BCUT2D eigenvalue weighted by Gasteiger charge is 2.27. The molecule has 0 aromatic heterocycles. The predicted molar refractivity (Wildman–Crippen MR) is 71.0 cm³/mol. The molecule has 110 valence electrons. The normalized spacial score (nSPS) is 24.6. The molecule has 0 spiro atoms. The highest BCUT2D eigenvalue weighted by Crippen LogP contribution is 2.15. The number of amides is 2. The molecule has 1 fully saturated rings. The molecule has 0 radical (unpaired) electrons. The summed E-state index contributed by atoms with van der Waals surface area (Å²) in [4.78, 5) is 24.5. The number of aliphatic carboxylic acids is 1. The molecule has 1 aliphatic rings. The maximum Gasteiger partial charge on any atom is 0.317 e. The van der Waals surface area contributed by atoms with Gasteiger partial charge in [0.2, 0.25) is 0 Å². The van der Waals surface area contributed by atoms with Gasteiger partial charge in [-0.1, -0.05) is 6.92 Å². The van der Waals surface area contributed by atoms with Crippen molar-refractivity contribution in [3.05, 3.63) is 0 Å². The van der Waals surface area contributed by atoms with Crippen molar-refractivity contribution in [3.8, 4) is 0 Å². The first-order chi connectivity index (χ1) is 8.95. The van der Waals surface area contributed by atoms with E-state index in [4.69, 9.17) is 9.84 Å². The van der Waals surface area contributed by atoms with Crippen molar-refractivity contribution in [2.45, 2.75) is 45.7 Å². The first-order valence-corrected chi connectivity index (χ1v) is 6.82. The van der Waals surface area contributed by atoms with Gasteiger partial charge in [0.05, 0.1) is 13.0 Å². The number of carbonyl (C=O) groups is 2. The molecule has 0 bridgehead atoms. The second-order valence-corrected chi connectivity index (χ2v) is 5.13. The van der Waals surface area contributed by atoms with E-state index in [1.807, 2.05) is 13.8 Å². The molecule has 19 heavy (non-hydrogen) atoms. The standard InChI is InChI=1S/C13H24N2O4/c1-4-15(10(3)7-12(16)17)13(18)14-11-5-6-19-8-9(11)2/h9-11H,4-8H2,1-3H3,(H,14,18)(H,16,17). The van der Waals surface area contributed by atoms with Gasteiger partial charge in [0, 0.05) is 25.2 Å². The van der Waals surface area contributed by atoms with E-state index in [1.165, 1.54) is 0 Å². The fraction of sp³-hybridized carbons (Fsp3) is 0.846. The average molecular weight is 272 g/mol. The Labute approximate surface area is 114 Å². The van der Waals surface area contributed by atoms with E-state index >= 15 is 0 Å². The highest BCUT2D eigenvalue weighted by molar-refractivity contribution is 5.76. The second-order valence-electron chi connectivity index (χ2n) is 5.13. The highest BCUT2D eigenvalue weighted by atomic mass is 16.5. The van der Waals surface area contributed by atoms with Crippen LogP contribution in [-0.2, 0) is 9.53 Å². The zero-order valence-electron chi connectivity index (χ0n) is 11.9. The minimum absolute atomic E-state index is 0.0371. The summed E-state index contributed by atoms with van der Waals surface area (Å²) in [5, 5.41) is 11.8. The third-order valence-electron chi connectivity index (χ3n) is 3.55. The minimum atomic E-state index is -0.891. The van der Waals surface area contributed by atoms with E-state index in [-0.39, 0.29) is 30.5 Å². The summed E-state index contributed by atoms with van der Waals surface area (Å²) in [7, 11) is 0. The van der Waals surface area contributed by atoms with Crippen LogP contribution in [0.5, 0.6) is 0 Å². The molecule has 2 amide bonds. The molecular weight excluding hydrogens is 248 g/mol. The number of ether oxygens (including phenoxy) is 1. The van der Waals surface area contributed by atoms with Crippen LogP contribution in [0.1, 0.15) is 33.6 Å². The molecule has 1 saturated heterocycles. The van der Waals surface area contributed by atoms with Gasteiger partial charge in [-0.3, -0.25) is 4.79 Å². The first-order valence-electron chi connectivity index (χ1n) is 6.82. The summed E-state index contributed by atoms with van der Waals surface area (Å²) in [6.45, 7) is 7.46. The lowest BCUT2D eigenvalue weighted by Gasteiger charge is -2.33. The van der Waals surface area contributed by atoms with Crippen LogP contribution in [0.4, 0.5) is 4.79 Å². The average Bonchev–Trinajstić information content (AvgIpc) is 2.32. The molecule has 0 aliphatic carbocycles. The van der Waals surface area contributed by atoms with Crippen molar-refractivity contribution in [1.82, 2.24) is 10.2 Å². The predicted octanol–water partition coefficient (Wildman–Crippen LogP) is 1.31. The lowest BCUT2D eigenvalue weighted by atomic mass is 9.98. The molecule has 3 atom stereocenters. The Bertz CT molecular complexity index is 322. The number of rotatable bonds is 5. The third-order valence-corrected chi connectivity index (χ3v) is 3.55. The van der Waals surface area contributed by atoms with Crippen molar-refractivity contribution in [2.24, 2.45) is 5.92 Å². The zero-order chi connectivity index (χ0) is 14.4. The fourth-order valence-electron chi connectivity index (χ4n) is 2.35. The third kappa shape index (κ3) is 4.70. The summed E-state index contributed by atoms with van der Waals surface area (Å²) in [6, 6.07) is -0.389. The van der Waals surface area contributed by atoms with Crippen LogP contribution < -0.4 is 5.32 Å². The van der Waals surface area contributed by atoms with Crippen LogP contribution in [0.3, 0.4) is 0 Å². The SMILES string of the molecule is CCN(C(=O)NC1CCOCC1C)C(C)CC(=O)O. The van der Waals surface area contributed by atoms with Gasteiger partial charge in [-0.2, -0.15) is 0 Å². The number of carboxylic acid groups (broad SMARTS) is 1. The smallest absolute Gasteiger partial charge is 0.317 e. The molecule has 2 N–H and O–H groups in total. The van der Waals surface area contributed by atoms with Crippen molar-refractivity contribution in [2.75, 3.05) is 19.8 Å². The Kier molecular flexibility index (Phi) is 6.08. The van der Waals surface area contributed by atoms with E-state index in [2.05, 4.69) is 5.32 Å². The van der Waals surface area contributed by atoms with Gasteiger partial charge >= 0.3 is 12.0 Å². The van der Waals surface area contributed by atoms with Crippen LogP contribution in [0.15, 0.2) is 0 Å². The van der Waals surface area contributed by atoms with E-state index in [0.29, 0.717) is 19.8 Å². The maximum atomic E-state index is 12.2. The lowest BCUT2D eigenvalue weighted by Crippen LogP contribution is -2.52. The minimum Gasteiger partial charge on any atom is -0.481 e. The molecule has 6 nitrogen and oxygen atoms in total. The molecule has 1 rings (SSSR count). The van der Waals surface area contributed by atoms with E-state index in [9.17, 15) is 9.59 Å². The summed E-state index contributed by atoms with van der Waals surface area (Å²) in [6.07, 6.45) is 0.766. The first kappa shape index (κ1) is 15.8. The van der Waals surface area contributed by atoms with E-state index < -0.39 is 5.97 Å². The quantitative estimate of drug-likeness (QED) is 0.791. The summed E-state index contributed by atoms with van der Waals surface area (Å²) >= 11 is 0. The van der Waals surface area contributed by atoms with Gasteiger partial charge in [-0.25, -0.2) is 4.79 Å². The molecule has 6 heteroatoms. The molecule has 3 unspecified atom stereocenters. The van der Waals surface area contributed by atoms with Crippen LogP contribution >= 0.6 is 0 Å². The van der Waals surface area contributed by atoms with Crippen molar-refractivity contribution in [3.63, 3.8) is 0 Å². The van der Waals surface area contributed by atoms with Gasteiger partial charge in [0.15, 0.2) is 0 Å². The van der Waals surface area contributed by atoms with Gasteiger partial charge in [0.1, 0.15) is 0 Å². The molecule has 0 aromatic carbocycles. The Morgan fingerprint density at radius 1 is 1.53 bits per heavy atom. The largest absolute Gasteiger partial charge is 0.481 e. The molecule has 1 heterocycles. The number of hydrogen-bond donors (Lipinski definition) is 2. The van der Waals surface area contributed by atoms with Crippen molar-refractivity contribution in [1.29, 1.82) is 0 Å². The molecular formula is C13H24N2O4. The monoisotopic (exact) mass is 272 g/mol. The number of carboxylic acids is 1. The van der Waals surface area contributed by atoms with Crippen LogP contribution in [0.2, 0.25) is 0 Å². The van der Waals surface area contributed by atoms with Gasteiger partial charge in [-0.15, -0.1) is 0 Å².